The zero-order chi connectivity index (χ0) is 30.4. The van der Waals surface area contributed by atoms with Crippen LogP contribution in [-0.4, -0.2) is 93.0 Å². The standard InChI is InChI=1S/C22H36N6O11/c1-9(2)6-13(27-18(34)10(3)25-19(35)11(23)7-17(32)33)20(36)28-14(8-15(24)29)21(37)26-12(22(38)39)4-5-16(30)31/h9-14H,4-8,23H2,1-3H3,(H2,24,29)(H,25,35)(H,26,37)(H,27,34)(H,28,36)(H,30,31)(H,32,33)(H,38,39)/t10-,11-,12-,13-,14-/m0/s1. The summed E-state index contributed by atoms with van der Waals surface area (Å²) in [4.78, 5) is 94.7. The fourth-order valence-corrected chi connectivity index (χ4v) is 3.15. The molecule has 0 saturated heterocycles. The lowest BCUT2D eigenvalue weighted by Gasteiger charge is -2.26. The minimum absolute atomic E-state index is 0.0397. The summed E-state index contributed by atoms with van der Waals surface area (Å²) in [7, 11) is 0. The largest absolute Gasteiger partial charge is 0.481 e. The van der Waals surface area contributed by atoms with Gasteiger partial charge in [-0.05, 0) is 25.7 Å². The van der Waals surface area contributed by atoms with Gasteiger partial charge >= 0.3 is 17.9 Å². The second-order valence-corrected chi connectivity index (χ2v) is 9.19. The van der Waals surface area contributed by atoms with Crippen LogP contribution in [0.5, 0.6) is 0 Å². The van der Waals surface area contributed by atoms with Crippen LogP contribution in [0.3, 0.4) is 0 Å². The summed E-state index contributed by atoms with van der Waals surface area (Å²) in [6.45, 7) is 4.70. The molecule has 39 heavy (non-hydrogen) atoms. The first-order valence-electron chi connectivity index (χ1n) is 11.9. The molecule has 0 aliphatic heterocycles. The SMILES string of the molecule is CC(C)C[C@H](NC(=O)[C@H](C)NC(=O)[C@@H](N)CC(=O)O)C(=O)N[C@@H](CC(N)=O)C(=O)N[C@@H](CCC(=O)O)C(=O)O. The quantitative estimate of drug-likeness (QED) is 0.0793. The van der Waals surface area contributed by atoms with E-state index in [1.807, 2.05) is 0 Å². The maximum atomic E-state index is 13.0. The molecular formula is C22H36N6O11. The Morgan fingerprint density at radius 1 is 0.667 bits per heavy atom. The van der Waals surface area contributed by atoms with E-state index in [1.54, 1.807) is 13.8 Å². The summed E-state index contributed by atoms with van der Waals surface area (Å²) in [6, 6.07) is -7.24. The highest BCUT2D eigenvalue weighted by atomic mass is 16.4. The molecule has 11 N–H and O–H groups in total. The van der Waals surface area contributed by atoms with E-state index in [9.17, 15) is 43.5 Å². The summed E-state index contributed by atoms with van der Waals surface area (Å²) in [5, 5.41) is 35.7. The van der Waals surface area contributed by atoms with Gasteiger partial charge in [0.15, 0.2) is 0 Å². The molecule has 5 amide bonds. The summed E-state index contributed by atoms with van der Waals surface area (Å²) in [5.74, 6) is -9.19. The number of carbonyl (C=O) groups is 8. The molecule has 0 unspecified atom stereocenters. The minimum Gasteiger partial charge on any atom is -0.481 e. The molecule has 17 nitrogen and oxygen atoms in total. The van der Waals surface area contributed by atoms with Crippen LogP contribution >= 0.6 is 0 Å². The van der Waals surface area contributed by atoms with Gasteiger partial charge in [0.05, 0.1) is 18.9 Å². The Balaban J connectivity index is 5.58. The Morgan fingerprint density at radius 3 is 1.64 bits per heavy atom. The van der Waals surface area contributed by atoms with Gasteiger partial charge < -0.3 is 48.1 Å². The van der Waals surface area contributed by atoms with E-state index in [2.05, 4.69) is 21.3 Å². The van der Waals surface area contributed by atoms with Gasteiger partial charge in [0.2, 0.25) is 29.5 Å². The molecule has 0 heterocycles. The van der Waals surface area contributed by atoms with Gasteiger partial charge in [0.1, 0.15) is 24.2 Å². The molecule has 0 bridgehead atoms. The van der Waals surface area contributed by atoms with E-state index in [0.29, 0.717) is 0 Å². The van der Waals surface area contributed by atoms with E-state index in [1.165, 1.54) is 6.92 Å². The Bertz CT molecular complexity index is 955. The van der Waals surface area contributed by atoms with E-state index >= 15 is 0 Å². The lowest BCUT2D eigenvalue weighted by molar-refractivity contribution is -0.143. The molecule has 0 rings (SSSR count). The van der Waals surface area contributed by atoms with Crippen molar-refractivity contribution in [1.82, 2.24) is 21.3 Å². The Hall–Kier alpha value is -4.28. The first-order chi connectivity index (χ1) is 17.9. The topological polar surface area (TPSA) is 297 Å². The number of hydrogen-bond acceptors (Lipinski definition) is 9. The summed E-state index contributed by atoms with van der Waals surface area (Å²) < 4.78 is 0. The molecule has 0 spiro atoms. The number of primary amides is 1. The summed E-state index contributed by atoms with van der Waals surface area (Å²) >= 11 is 0. The van der Waals surface area contributed by atoms with Gasteiger partial charge in [-0.3, -0.25) is 33.6 Å². The van der Waals surface area contributed by atoms with Crippen LogP contribution < -0.4 is 32.7 Å². The van der Waals surface area contributed by atoms with Crippen molar-refractivity contribution in [1.29, 1.82) is 0 Å². The van der Waals surface area contributed by atoms with Gasteiger partial charge in [-0.15, -0.1) is 0 Å². The van der Waals surface area contributed by atoms with Gasteiger partial charge in [0.25, 0.3) is 0 Å². The van der Waals surface area contributed by atoms with Crippen molar-refractivity contribution in [2.45, 2.75) is 83.1 Å². The summed E-state index contributed by atoms with van der Waals surface area (Å²) in [5.41, 5.74) is 10.6. The van der Waals surface area contributed by atoms with E-state index in [0.717, 1.165) is 0 Å². The third-order valence-electron chi connectivity index (χ3n) is 5.12. The maximum absolute atomic E-state index is 13.0. The molecule has 0 saturated carbocycles. The molecule has 5 atom stereocenters. The monoisotopic (exact) mass is 560 g/mol. The van der Waals surface area contributed by atoms with Crippen LogP contribution in [-0.2, 0) is 38.4 Å². The molecule has 0 aliphatic rings. The van der Waals surface area contributed by atoms with Crippen LogP contribution in [0.1, 0.15) is 52.9 Å². The molecule has 0 aromatic carbocycles. The average Bonchev–Trinajstić information content (AvgIpc) is 2.78. The van der Waals surface area contributed by atoms with Crippen LogP contribution in [0, 0.1) is 5.92 Å². The average molecular weight is 561 g/mol. The zero-order valence-electron chi connectivity index (χ0n) is 21.8. The number of rotatable bonds is 18. The highest BCUT2D eigenvalue weighted by molar-refractivity contribution is 5.97. The third-order valence-corrected chi connectivity index (χ3v) is 5.12. The molecule has 220 valence electrons. The van der Waals surface area contributed by atoms with Gasteiger partial charge in [0, 0.05) is 6.42 Å². The smallest absolute Gasteiger partial charge is 0.326 e. The van der Waals surface area contributed by atoms with E-state index in [-0.39, 0.29) is 12.3 Å². The second kappa shape index (κ2) is 16.5. The summed E-state index contributed by atoms with van der Waals surface area (Å²) in [6.07, 6.45) is -2.43. The van der Waals surface area contributed by atoms with E-state index in [4.69, 9.17) is 21.7 Å². The predicted molar refractivity (Wildman–Crippen MR) is 131 cm³/mol. The second-order valence-electron chi connectivity index (χ2n) is 9.19. The van der Waals surface area contributed by atoms with Crippen molar-refractivity contribution in [3.63, 3.8) is 0 Å². The molecule has 17 heteroatoms. The van der Waals surface area contributed by atoms with Crippen molar-refractivity contribution in [3.05, 3.63) is 0 Å². The van der Waals surface area contributed by atoms with Crippen LogP contribution in [0.4, 0.5) is 0 Å². The van der Waals surface area contributed by atoms with Crippen molar-refractivity contribution in [2.24, 2.45) is 17.4 Å². The molecule has 0 aliphatic carbocycles. The maximum Gasteiger partial charge on any atom is 0.326 e. The number of carboxylic acids is 3. The number of amides is 5. The molecule has 0 aromatic heterocycles. The highest BCUT2D eigenvalue weighted by Crippen LogP contribution is 2.08. The van der Waals surface area contributed by atoms with Crippen molar-refractivity contribution in [2.75, 3.05) is 0 Å². The number of nitrogens with two attached hydrogens (primary N) is 2. The Morgan fingerprint density at radius 2 is 1.18 bits per heavy atom. The minimum atomic E-state index is -1.65. The van der Waals surface area contributed by atoms with Crippen molar-refractivity contribution >= 4 is 47.4 Å². The number of aliphatic carboxylic acids is 3. The zero-order valence-corrected chi connectivity index (χ0v) is 21.8. The number of carboxylic acid groups (broad SMARTS) is 3. The van der Waals surface area contributed by atoms with Crippen LogP contribution in [0.2, 0.25) is 0 Å². The van der Waals surface area contributed by atoms with Gasteiger partial charge in [-0.25, -0.2) is 4.79 Å². The molecule has 0 radical (unpaired) electrons. The number of carbonyl (C=O) groups excluding carboxylic acids is 5. The number of nitrogens with one attached hydrogen (secondary N) is 4. The lowest BCUT2D eigenvalue weighted by atomic mass is 10.0. The van der Waals surface area contributed by atoms with E-state index < -0.39 is 103 Å². The Kier molecular flexibility index (Phi) is 14.7. The third kappa shape index (κ3) is 14.3. The van der Waals surface area contributed by atoms with Gasteiger partial charge in [-0.1, -0.05) is 13.8 Å². The van der Waals surface area contributed by atoms with Crippen molar-refractivity contribution < 1.29 is 53.7 Å². The highest BCUT2D eigenvalue weighted by Gasteiger charge is 2.32. The Labute approximate surface area is 223 Å². The first-order valence-corrected chi connectivity index (χ1v) is 11.9. The fraction of sp³-hybridized carbons (Fsp3) is 0.636. The number of hydrogen-bond donors (Lipinski definition) is 9. The van der Waals surface area contributed by atoms with Crippen LogP contribution in [0.25, 0.3) is 0 Å². The predicted octanol–water partition coefficient (Wildman–Crippen LogP) is -3.38. The van der Waals surface area contributed by atoms with Gasteiger partial charge in [-0.2, -0.15) is 0 Å². The molecule has 0 fully saturated rings. The fourth-order valence-electron chi connectivity index (χ4n) is 3.15. The van der Waals surface area contributed by atoms with Crippen molar-refractivity contribution in [3.8, 4) is 0 Å². The van der Waals surface area contributed by atoms with Crippen LogP contribution in [0.15, 0.2) is 0 Å². The normalized spacial score (nSPS) is 14.6. The molecule has 0 aromatic rings. The lowest BCUT2D eigenvalue weighted by Crippen LogP contribution is -2.58. The molecular weight excluding hydrogens is 524 g/mol. The first kappa shape index (κ1) is 34.7.